The van der Waals surface area contributed by atoms with Gasteiger partial charge in [0.25, 0.3) is 0 Å². The second-order valence-corrected chi connectivity index (χ2v) is 3.61. The zero-order chi connectivity index (χ0) is 13.5. The molecular weight excluding hydrogens is 233 g/mol. The van der Waals surface area contributed by atoms with Crippen molar-refractivity contribution >= 4 is 11.0 Å². The zero-order valence-electron chi connectivity index (χ0n) is 11.3. The molecule has 100 valence electrons. The van der Waals surface area contributed by atoms with Gasteiger partial charge in [-0.2, -0.15) is 0 Å². The van der Waals surface area contributed by atoms with Crippen LogP contribution in [0.1, 0.15) is 25.5 Å². The number of ether oxygens (including phenoxy) is 1. The Morgan fingerprint density at radius 2 is 2.11 bits per heavy atom. The normalized spacial score (nSPS) is 12.1. The first-order valence-corrected chi connectivity index (χ1v) is 6.10. The Balaban J connectivity index is 0.000000771. The second kappa shape index (κ2) is 7.13. The van der Waals surface area contributed by atoms with Crippen LogP contribution in [0.3, 0.4) is 0 Å². The van der Waals surface area contributed by atoms with Crippen LogP contribution in [-0.2, 0) is 4.74 Å². The average Bonchev–Trinajstić information content (AvgIpc) is 2.84. The number of benzene rings is 1. The van der Waals surface area contributed by atoms with Gasteiger partial charge in [-0.15, -0.1) is 0 Å². The molecule has 1 unspecified atom stereocenters. The lowest BCUT2D eigenvalue weighted by Gasteiger charge is -2.15. The molecule has 1 heterocycles. The molecule has 0 saturated heterocycles. The molecule has 1 N–H and O–H groups in total. The minimum atomic E-state index is -0.301. The van der Waals surface area contributed by atoms with E-state index in [1.165, 1.54) is 6.07 Å². The van der Waals surface area contributed by atoms with E-state index in [1.807, 2.05) is 19.9 Å². The van der Waals surface area contributed by atoms with Crippen molar-refractivity contribution < 1.29 is 13.5 Å². The van der Waals surface area contributed by atoms with Crippen molar-refractivity contribution in [1.82, 2.24) is 5.32 Å². The van der Waals surface area contributed by atoms with Crippen LogP contribution in [0.25, 0.3) is 11.0 Å². The number of hydrogen-bond donors (Lipinski definition) is 1. The van der Waals surface area contributed by atoms with Crippen LogP contribution in [0.15, 0.2) is 28.9 Å². The zero-order valence-corrected chi connectivity index (χ0v) is 11.3. The number of rotatable bonds is 4. The van der Waals surface area contributed by atoms with Gasteiger partial charge in [-0.3, -0.25) is 0 Å². The summed E-state index contributed by atoms with van der Waals surface area (Å²) in [4.78, 5) is 0. The van der Waals surface area contributed by atoms with Crippen LogP contribution in [0, 0.1) is 5.82 Å². The summed E-state index contributed by atoms with van der Waals surface area (Å²) in [5.41, 5.74) is 1.10. The van der Waals surface area contributed by atoms with Gasteiger partial charge >= 0.3 is 0 Å². The Hall–Kier alpha value is -1.39. The lowest BCUT2D eigenvalue weighted by Crippen LogP contribution is -2.19. The maximum Gasteiger partial charge on any atom is 0.136 e. The lowest BCUT2D eigenvalue weighted by molar-refractivity contribution is 0.101. The van der Waals surface area contributed by atoms with E-state index in [1.54, 1.807) is 26.5 Å². The van der Waals surface area contributed by atoms with Crippen molar-refractivity contribution in [2.75, 3.05) is 20.7 Å². The molecule has 2 aromatic rings. The molecule has 3 nitrogen and oxygen atoms in total. The van der Waals surface area contributed by atoms with Crippen molar-refractivity contribution in [2.45, 2.75) is 20.0 Å². The molecule has 0 fully saturated rings. The molecule has 1 aromatic heterocycles. The summed E-state index contributed by atoms with van der Waals surface area (Å²) in [6.07, 6.45) is 1.26. The van der Waals surface area contributed by atoms with Gasteiger partial charge in [-0.05, 0) is 19.2 Å². The molecule has 0 aliphatic rings. The van der Waals surface area contributed by atoms with Crippen molar-refractivity contribution in [1.29, 1.82) is 0 Å². The highest BCUT2D eigenvalue weighted by Gasteiger charge is 2.16. The fourth-order valence-electron chi connectivity index (χ4n) is 1.75. The van der Waals surface area contributed by atoms with E-state index < -0.39 is 0 Å². The Labute approximate surface area is 107 Å². The number of hydrogen-bond acceptors (Lipinski definition) is 3. The van der Waals surface area contributed by atoms with Crippen molar-refractivity contribution in [3.8, 4) is 0 Å². The predicted octanol–water partition coefficient (Wildman–Crippen LogP) is 3.51. The largest absolute Gasteiger partial charge is 0.464 e. The lowest BCUT2D eigenvalue weighted by atomic mass is 10.1. The van der Waals surface area contributed by atoms with Gasteiger partial charge in [0.05, 0.1) is 12.4 Å². The second-order valence-electron chi connectivity index (χ2n) is 3.61. The third-order valence-electron chi connectivity index (χ3n) is 2.59. The molecule has 4 heteroatoms. The molecule has 0 aliphatic carbocycles. The summed E-state index contributed by atoms with van der Waals surface area (Å²) in [5.74, 6) is -0.301. The van der Waals surface area contributed by atoms with Crippen LogP contribution in [0.4, 0.5) is 4.39 Å². The van der Waals surface area contributed by atoms with E-state index in [0.29, 0.717) is 17.7 Å². The van der Waals surface area contributed by atoms with Crippen molar-refractivity contribution in [3.05, 3.63) is 35.8 Å². The smallest absolute Gasteiger partial charge is 0.136 e. The van der Waals surface area contributed by atoms with Gasteiger partial charge in [-0.1, -0.05) is 13.8 Å². The number of furan rings is 1. The first kappa shape index (κ1) is 14.7. The van der Waals surface area contributed by atoms with Crippen LogP contribution in [-0.4, -0.2) is 20.7 Å². The molecule has 18 heavy (non-hydrogen) atoms. The summed E-state index contributed by atoms with van der Waals surface area (Å²) in [6.45, 7) is 4.57. The van der Waals surface area contributed by atoms with Gasteiger partial charge in [0.1, 0.15) is 11.4 Å². The van der Waals surface area contributed by atoms with Crippen LogP contribution < -0.4 is 5.32 Å². The van der Waals surface area contributed by atoms with E-state index in [-0.39, 0.29) is 11.9 Å². The fourth-order valence-corrected chi connectivity index (χ4v) is 1.75. The average molecular weight is 253 g/mol. The highest BCUT2D eigenvalue weighted by molar-refractivity contribution is 5.78. The van der Waals surface area contributed by atoms with Gasteiger partial charge in [0, 0.05) is 30.7 Å². The van der Waals surface area contributed by atoms with E-state index in [2.05, 4.69) is 5.32 Å². The monoisotopic (exact) mass is 253 g/mol. The summed E-state index contributed by atoms with van der Waals surface area (Å²) < 4.78 is 24.2. The molecule has 0 amide bonds. The number of fused-ring (bicyclic) bond motifs is 1. The van der Waals surface area contributed by atoms with E-state index in [9.17, 15) is 4.39 Å². The molecule has 0 bridgehead atoms. The quantitative estimate of drug-likeness (QED) is 0.905. The molecule has 0 radical (unpaired) electrons. The minimum Gasteiger partial charge on any atom is -0.464 e. The Bertz CT molecular complexity index is 482. The van der Waals surface area contributed by atoms with E-state index in [4.69, 9.17) is 9.15 Å². The van der Waals surface area contributed by atoms with E-state index >= 15 is 0 Å². The SMILES string of the molecule is CC.CNCC(OC)c1cc2ccoc2cc1F. The molecule has 2 rings (SSSR count). The van der Waals surface area contributed by atoms with Gasteiger partial charge in [-0.25, -0.2) is 4.39 Å². The fraction of sp³-hybridized carbons (Fsp3) is 0.429. The number of methoxy groups -OCH3 is 1. The van der Waals surface area contributed by atoms with Gasteiger partial charge < -0.3 is 14.5 Å². The molecule has 1 atom stereocenters. The van der Waals surface area contributed by atoms with Crippen LogP contribution in [0.5, 0.6) is 0 Å². The third kappa shape index (κ3) is 3.09. The highest BCUT2D eigenvalue weighted by atomic mass is 19.1. The molecule has 1 aromatic carbocycles. The number of likely N-dealkylation sites (N-methyl/N-ethyl adjacent to an activating group) is 1. The maximum absolute atomic E-state index is 13.8. The van der Waals surface area contributed by atoms with Gasteiger partial charge in [0.15, 0.2) is 0 Å². The molecule has 0 saturated carbocycles. The van der Waals surface area contributed by atoms with Crippen molar-refractivity contribution in [3.63, 3.8) is 0 Å². The first-order valence-electron chi connectivity index (χ1n) is 6.10. The minimum absolute atomic E-state index is 0.288. The van der Waals surface area contributed by atoms with Gasteiger partial charge in [0.2, 0.25) is 0 Å². The summed E-state index contributed by atoms with van der Waals surface area (Å²) in [5, 5.41) is 3.86. The molecule has 0 spiro atoms. The molecule has 0 aliphatic heterocycles. The standard InChI is InChI=1S/C12H14FNO2.C2H6/c1-14-7-12(15-2)9-5-8-3-4-16-11(8)6-10(9)13;1-2/h3-6,12,14H,7H2,1-2H3;1-2H3. The number of nitrogens with one attached hydrogen (secondary N) is 1. The first-order chi connectivity index (χ1) is 8.76. The maximum atomic E-state index is 13.8. The van der Waals surface area contributed by atoms with E-state index in [0.717, 1.165) is 5.39 Å². The Morgan fingerprint density at radius 3 is 2.72 bits per heavy atom. The summed E-state index contributed by atoms with van der Waals surface area (Å²) in [6, 6.07) is 4.97. The Morgan fingerprint density at radius 1 is 1.39 bits per heavy atom. The third-order valence-corrected chi connectivity index (χ3v) is 2.59. The highest BCUT2D eigenvalue weighted by Crippen LogP contribution is 2.25. The van der Waals surface area contributed by atoms with Crippen molar-refractivity contribution in [2.24, 2.45) is 0 Å². The Kier molecular flexibility index (Phi) is 5.82. The number of halogens is 1. The van der Waals surface area contributed by atoms with Crippen LogP contribution in [0.2, 0.25) is 0 Å². The van der Waals surface area contributed by atoms with Crippen LogP contribution >= 0.6 is 0 Å². The summed E-state index contributed by atoms with van der Waals surface area (Å²) in [7, 11) is 3.38. The predicted molar refractivity (Wildman–Crippen MR) is 71.2 cm³/mol. The topological polar surface area (TPSA) is 34.4 Å². The molecular formula is C14H20FNO2. The summed E-state index contributed by atoms with van der Waals surface area (Å²) >= 11 is 0.